The summed E-state index contributed by atoms with van der Waals surface area (Å²) < 4.78 is 96.4. The second-order valence-corrected chi connectivity index (χ2v) is 13.8. The summed E-state index contributed by atoms with van der Waals surface area (Å²) in [5.41, 5.74) is -2.25. The highest BCUT2D eigenvalue weighted by atomic mass is 35.5. The van der Waals surface area contributed by atoms with E-state index >= 15 is 0 Å². The van der Waals surface area contributed by atoms with Crippen molar-refractivity contribution in [2.24, 2.45) is 5.92 Å². The molecule has 6 heterocycles. The van der Waals surface area contributed by atoms with Crippen LogP contribution in [0, 0.1) is 40.8 Å². The van der Waals surface area contributed by atoms with Gasteiger partial charge in [0.25, 0.3) is 11.8 Å². The summed E-state index contributed by atoms with van der Waals surface area (Å²) in [5.74, 6) is -5.94. The van der Waals surface area contributed by atoms with Gasteiger partial charge < -0.3 is 30.7 Å². The van der Waals surface area contributed by atoms with Crippen LogP contribution in [0.25, 0.3) is 22.5 Å². The molecule has 20 heteroatoms. The predicted molar refractivity (Wildman–Crippen MR) is 226 cm³/mol. The van der Waals surface area contributed by atoms with Gasteiger partial charge in [-0.05, 0) is 80.4 Å². The van der Waals surface area contributed by atoms with Gasteiger partial charge in [-0.3, -0.25) is 19.6 Å². The highest BCUT2D eigenvalue weighted by Gasteiger charge is 2.24. The maximum absolute atomic E-state index is 14.3. The number of anilines is 2. The normalized spacial score (nSPS) is 13.5. The first kappa shape index (κ1) is 47.7. The fraction of sp³-hybridized carbons (Fsp3) is 0.209. The van der Waals surface area contributed by atoms with Gasteiger partial charge in [-0.15, -0.1) is 24.8 Å². The van der Waals surface area contributed by atoms with Crippen molar-refractivity contribution in [3.8, 4) is 34.0 Å². The number of benzene rings is 2. The minimum absolute atomic E-state index is 0. The molecule has 2 aliphatic rings. The zero-order valence-corrected chi connectivity index (χ0v) is 34.5. The first-order chi connectivity index (χ1) is 29.5. The molecule has 0 saturated carbocycles. The van der Waals surface area contributed by atoms with E-state index in [1.54, 1.807) is 18.3 Å². The first-order valence-electron chi connectivity index (χ1n) is 19.0. The number of nitrogens with one attached hydrogen (secondary N) is 4. The van der Waals surface area contributed by atoms with Crippen LogP contribution in [0.1, 0.15) is 33.8 Å². The van der Waals surface area contributed by atoms with Crippen molar-refractivity contribution in [2.45, 2.75) is 18.9 Å². The van der Waals surface area contributed by atoms with E-state index < -0.39 is 69.2 Å². The number of nitrogens with zero attached hydrogens (tertiary/aromatic N) is 4. The van der Waals surface area contributed by atoms with Gasteiger partial charge in [0.15, 0.2) is 0 Å². The van der Waals surface area contributed by atoms with Gasteiger partial charge in [0.05, 0.1) is 30.1 Å². The molecule has 2 amide bonds. The largest absolute Gasteiger partial charge is 0.491 e. The van der Waals surface area contributed by atoms with Crippen molar-refractivity contribution in [1.82, 2.24) is 30.6 Å². The monoisotopic (exact) mass is 914 g/mol. The zero-order chi connectivity index (χ0) is 42.9. The maximum Gasteiger partial charge on any atom is 0.274 e. The lowest BCUT2D eigenvalue weighted by Gasteiger charge is -2.28. The zero-order valence-electron chi connectivity index (χ0n) is 32.8. The molecule has 0 unspecified atom stereocenters. The Morgan fingerprint density at radius 2 is 1.06 bits per heavy atom. The summed E-state index contributed by atoms with van der Waals surface area (Å²) in [5, 5.41) is 11.6. The van der Waals surface area contributed by atoms with Crippen LogP contribution >= 0.6 is 24.8 Å². The topological polar surface area (TPSA) is 152 Å². The van der Waals surface area contributed by atoms with Crippen LogP contribution in [0.2, 0.25) is 0 Å². The average Bonchev–Trinajstić information content (AvgIpc) is 3.24. The van der Waals surface area contributed by atoms with Gasteiger partial charge in [-0.1, -0.05) is 12.1 Å². The summed E-state index contributed by atoms with van der Waals surface area (Å²) >= 11 is 0. The summed E-state index contributed by atoms with van der Waals surface area (Å²) in [6.07, 6.45) is 7.88. The molecule has 4 N–H and O–H groups in total. The number of hydrogen-bond acceptors (Lipinski definition) is 10. The van der Waals surface area contributed by atoms with Crippen LogP contribution in [0.5, 0.6) is 11.5 Å². The Morgan fingerprint density at radius 3 is 1.52 bits per heavy atom. The molecule has 4 aromatic heterocycles. The first-order valence-corrected chi connectivity index (χ1v) is 19.0. The average molecular weight is 916 g/mol. The number of aromatic nitrogens is 4. The number of rotatable bonds is 11. The molecule has 6 aromatic rings. The molecule has 0 bridgehead atoms. The van der Waals surface area contributed by atoms with Crippen LogP contribution in [-0.2, 0) is 0 Å². The molecular weight excluding hydrogens is 877 g/mol. The molecule has 2 aliphatic heterocycles. The fourth-order valence-electron chi connectivity index (χ4n) is 6.27. The van der Waals surface area contributed by atoms with E-state index in [2.05, 4.69) is 41.2 Å². The summed E-state index contributed by atoms with van der Waals surface area (Å²) in [6.45, 7) is 3.75. The van der Waals surface area contributed by atoms with E-state index in [1.165, 1.54) is 18.6 Å². The number of carbonyl (C=O) groups excluding carboxylic acids is 2. The summed E-state index contributed by atoms with van der Waals surface area (Å²) in [6, 6.07) is 13.7. The molecule has 330 valence electrons. The molecule has 2 fully saturated rings. The molecule has 0 radical (unpaired) electrons. The van der Waals surface area contributed by atoms with Crippen LogP contribution in [-0.4, -0.2) is 70.6 Å². The van der Waals surface area contributed by atoms with E-state index in [4.69, 9.17) is 9.47 Å². The second-order valence-electron chi connectivity index (χ2n) is 13.8. The van der Waals surface area contributed by atoms with E-state index in [9.17, 15) is 35.9 Å². The number of pyridine rings is 4. The third-order valence-electron chi connectivity index (χ3n) is 9.59. The Morgan fingerprint density at radius 1 is 0.603 bits per heavy atom. The maximum atomic E-state index is 14.3. The van der Waals surface area contributed by atoms with E-state index in [0.717, 1.165) is 86.6 Å². The Bertz CT molecular complexity index is 2510. The SMILES string of the molecule is Cl.Cl.O=C(Nc1cnccc1OC1CNC1)c1ccc(F)c(-c2c(F)cccc2F)n1.O=C(Nc1cnccc1OCC1CCNCC1)c1ccc(F)c(-c2c(F)cccc2F)n1. The molecule has 8 rings (SSSR count). The van der Waals surface area contributed by atoms with Crippen LogP contribution in [0.15, 0.2) is 97.6 Å². The molecular formula is C43H38Cl2F6N8O4. The van der Waals surface area contributed by atoms with Crippen molar-refractivity contribution in [3.05, 3.63) is 144 Å². The van der Waals surface area contributed by atoms with Gasteiger partial charge in [0.1, 0.15) is 86.7 Å². The quantitative estimate of drug-likeness (QED) is 0.0937. The number of ether oxygens (including phenoxy) is 2. The minimum Gasteiger partial charge on any atom is -0.491 e. The minimum atomic E-state index is -0.981. The molecule has 2 saturated heterocycles. The standard InChI is InChI=1S/C23H21F3N4O2.C20H15F3N4O2.2ClH/c24-15-2-1-3-16(25)21(15)22-17(26)4-5-18(29-22)23(31)30-19-12-28-11-8-20(19)32-13-14-6-9-27-10-7-14;21-12-2-1-3-13(22)18(12)19-14(23)4-5-15(26-19)20(28)27-16-10-24-7-6-17(16)29-11-8-25-9-11;;/h1-5,8,11-12,14,27H,6-7,9-10,13H2,(H,30,31);1-7,10-11,25H,8-9H2,(H,27,28);2*1H. The lowest BCUT2D eigenvalue weighted by atomic mass is 9.99. The van der Waals surface area contributed by atoms with Gasteiger partial charge in [0, 0.05) is 37.6 Å². The van der Waals surface area contributed by atoms with Crippen molar-refractivity contribution >= 4 is 48.0 Å². The van der Waals surface area contributed by atoms with Crippen LogP contribution < -0.4 is 30.7 Å². The molecule has 0 aliphatic carbocycles. The molecule has 63 heavy (non-hydrogen) atoms. The van der Waals surface area contributed by atoms with Gasteiger partial charge in [-0.25, -0.2) is 36.3 Å². The Kier molecular flexibility index (Phi) is 16.8. The van der Waals surface area contributed by atoms with Gasteiger partial charge >= 0.3 is 0 Å². The van der Waals surface area contributed by atoms with Gasteiger partial charge in [0.2, 0.25) is 0 Å². The summed E-state index contributed by atoms with van der Waals surface area (Å²) in [7, 11) is 0. The van der Waals surface area contributed by atoms with Crippen molar-refractivity contribution in [3.63, 3.8) is 0 Å². The fourth-order valence-corrected chi connectivity index (χ4v) is 6.27. The Balaban J connectivity index is 0.000000231. The number of piperidine rings is 1. The molecule has 12 nitrogen and oxygen atoms in total. The van der Waals surface area contributed by atoms with E-state index in [1.807, 2.05) is 0 Å². The lowest BCUT2D eigenvalue weighted by molar-refractivity contribution is 0.101. The van der Waals surface area contributed by atoms with Crippen molar-refractivity contribution < 1.29 is 45.4 Å². The number of carbonyl (C=O) groups is 2. The third-order valence-corrected chi connectivity index (χ3v) is 9.59. The van der Waals surface area contributed by atoms with E-state index in [0.29, 0.717) is 48.5 Å². The number of hydrogen-bond donors (Lipinski definition) is 4. The predicted octanol–water partition coefficient (Wildman–Crippen LogP) is 8.20. The number of amides is 2. The Labute approximate surface area is 369 Å². The number of halogens is 8. The summed E-state index contributed by atoms with van der Waals surface area (Å²) in [4.78, 5) is 41.1. The highest BCUT2D eigenvalue weighted by molar-refractivity contribution is 6.04. The third kappa shape index (κ3) is 11.8. The Hall–Kier alpha value is -6.34. The van der Waals surface area contributed by atoms with Crippen molar-refractivity contribution in [1.29, 1.82) is 0 Å². The van der Waals surface area contributed by atoms with Crippen molar-refractivity contribution in [2.75, 3.05) is 43.4 Å². The highest BCUT2D eigenvalue weighted by Crippen LogP contribution is 2.30. The smallest absolute Gasteiger partial charge is 0.274 e. The lowest BCUT2D eigenvalue weighted by Crippen LogP contribution is -2.50. The molecule has 0 atom stereocenters. The molecule has 2 aromatic carbocycles. The molecule has 0 spiro atoms. The van der Waals surface area contributed by atoms with E-state index in [-0.39, 0.29) is 42.3 Å². The van der Waals surface area contributed by atoms with Crippen LogP contribution in [0.4, 0.5) is 37.7 Å². The second kappa shape index (κ2) is 22.1. The van der Waals surface area contributed by atoms with Crippen LogP contribution in [0.3, 0.4) is 0 Å². The van der Waals surface area contributed by atoms with Gasteiger partial charge in [-0.2, -0.15) is 0 Å².